The Bertz CT molecular complexity index is 691. The first-order valence-corrected chi connectivity index (χ1v) is 10.0. The molecule has 2 aliphatic rings. The SMILES string of the molecule is C#Cc1ccc(/N=C2/SCC3(CCCC3)N2CC(C)C)c(C)c1C. The molecule has 128 valence electrons. The lowest BCUT2D eigenvalue weighted by Crippen LogP contribution is -2.46. The quantitative estimate of drug-likeness (QED) is 0.695. The molecule has 2 fully saturated rings. The first kappa shape index (κ1) is 17.4. The zero-order valence-corrected chi connectivity index (χ0v) is 16.2. The number of terminal acetylenes is 1. The van der Waals surface area contributed by atoms with E-state index in [4.69, 9.17) is 11.4 Å². The van der Waals surface area contributed by atoms with Crippen LogP contribution in [0.1, 0.15) is 56.2 Å². The van der Waals surface area contributed by atoms with Crippen LogP contribution in [0.15, 0.2) is 17.1 Å². The summed E-state index contributed by atoms with van der Waals surface area (Å²) < 4.78 is 0. The Balaban J connectivity index is 1.97. The van der Waals surface area contributed by atoms with Crippen molar-refractivity contribution in [3.8, 4) is 12.3 Å². The molecule has 0 atom stereocenters. The van der Waals surface area contributed by atoms with Crippen molar-refractivity contribution < 1.29 is 0 Å². The summed E-state index contributed by atoms with van der Waals surface area (Å²) in [7, 11) is 0. The van der Waals surface area contributed by atoms with E-state index in [-0.39, 0.29) is 0 Å². The Morgan fingerprint density at radius 2 is 1.96 bits per heavy atom. The second-order valence-corrected chi connectivity index (χ2v) is 8.59. The molecule has 0 bridgehead atoms. The van der Waals surface area contributed by atoms with Crippen LogP contribution in [-0.4, -0.2) is 27.9 Å². The highest BCUT2D eigenvalue weighted by Gasteiger charge is 2.46. The summed E-state index contributed by atoms with van der Waals surface area (Å²) in [5, 5.41) is 1.21. The lowest BCUT2D eigenvalue weighted by Gasteiger charge is -2.37. The molecule has 2 nitrogen and oxygen atoms in total. The third kappa shape index (κ3) is 3.09. The molecule has 1 saturated heterocycles. The van der Waals surface area contributed by atoms with Crippen LogP contribution in [0.25, 0.3) is 0 Å². The van der Waals surface area contributed by atoms with Crippen molar-refractivity contribution in [2.45, 2.75) is 58.9 Å². The van der Waals surface area contributed by atoms with Crippen LogP contribution in [0.3, 0.4) is 0 Å². The van der Waals surface area contributed by atoms with Gasteiger partial charge in [0.25, 0.3) is 0 Å². The van der Waals surface area contributed by atoms with Crippen LogP contribution in [0.2, 0.25) is 0 Å². The molecule has 1 aliphatic carbocycles. The molecule has 0 N–H and O–H groups in total. The molecule has 0 radical (unpaired) electrons. The van der Waals surface area contributed by atoms with E-state index in [9.17, 15) is 0 Å². The molecule has 1 aromatic carbocycles. The maximum atomic E-state index is 5.59. The van der Waals surface area contributed by atoms with Crippen LogP contribution in [-0.2, 0) is 0 Å². The van der Waals surface area contributed by atoms with Crippen LogP contribution < -0.4 is 0 Å². The highest BCUT2D eigenvalue weighted by atomic mass is 32.2. The van der Waals surface area contributed by atoms with Crippen LogP contribution >= 0.6 is 11.8 Å². The number of hydrogen-bond acceptors (Lipinski definition) is 2. The maximum absolute atomic E-state index is 5.59. The zero-order valence-electron chi connectivity index (χ0n) is 15.4. The summed E-state index contributed by atoms with van der Waals surface area (Å²) in [5.74, 6) is 4.61. The average Bonchev–Trinajstić information content (AvgIpc) is 3.15. The normalized spacial score (nSPS) is 21.2. The molecular formula is C21H28N2S. The first-order chi connectivity index (χ1) is 11.5. The van der Waals surface area contributed by atoms with Gasteiger partial charge in [-0.25, -0.2) is 4.99 Å². The summed E-state index contributed by atoms with van der Waals surface area (Å²) in [5.41, 5.74) is 4.78. The van der Waals surface area contributed by atoms with E-state index in [1.807, 2.05) is 17.8 Å². The van der Waals surface area contributed by atoms with Gasteiger partial charge in [-0.05, 0) is 55.9 Å². The van der Waals surface area contributed by atoms with Gasteiger partial charge in [0, 0.05) is 17.9 Å². The molecule has 1 aromatic rings. The summed E-state index contributed by atoms with van der Waals surface area (Å²) in [4.78, 5) is 7.71. The Morgan fingerprint density at radius 3 is 2.58 bits per heavy atom. The van der Waals surface area contributed by atoms with Crippen molar-refractivity contribution in [3.63, 3.8) is 0 Å². The molecule has 1 aliphatic heterocycles. The zero-order chi connectivity index (χ0) is 17.3. The van der Waals surface area contributed by atoms with Crippen molar-refractivity contribution in [1.82, 2.24) is 4.90 Å². The molecule has 0 amide bonds. The number of amidine groups is 1. The second-order valence-electron chi connectivity index (χ2n) is 7.65. The van der Waals surface area contributed by atoms with Gasteiger partial charge in [0.2, 0.25) is 0 Å². The van der Waals surface area contributed by atoms with E-state index in [0.29, 0.717) is 11.5 Å². The van der Waals surface area contributed by atoms with Gasteiger partial charge in [-0.15, -0.1) is 6.42 Å². The van der Waals surface area contributed by atoms with Gasteiger partial charge in [-0.1, -0.05) is 44.4 Å². The lowest BCUT2D eigenvalue weighted by atomic mass is 9.97. The standard InChI is InChI=1S/C21H28N2S/c1-6-18-9-10-19(17(5)16(18)4)22-20-23(13-15(2)3)21(14-24-20)11-7-8-12-21/h1,9-10,15H,7-8,11-14H2,2-5H3/b22-20+. The van der Waals surface area contributed by atoms with Gasteiger partial charge in [-0.3, -0.25) is 0 Å². The summed E-state index contributed by atoms with van der Waals surface area (Å²) in [6.07, 6.45) is 10.9. The third-order valence-corrected chi connectivity index (χ3v) is 6.74. The predicted octanol–water partition coefficient (Wildman–Crippen LogP) is 5.29. The highest BCUT2D eigenvalue weighted by Crippen LogP contribution is 2.45. The Hall–Kier alpha value is -1.40. The van der Waals surface area contributed by atoms with Crippen molar-refractivity contribution in [3.05, 3.63) is 28.8 Å². The minimum absolute atomic E-state index is 0.357. The van der Waals surface area contributed by atoms with E-state index < -0.39 is 0 Å². The predicted molar refractivity (Wildman–Crippen MR) is 106 cm³/mol. The van der Waals surface area contributed by atoms with Gasteiger partial charge in [0.15, 0.2) is 5.17 Å². The van der Waals surface area contributed by atoms with Crippen molar-refractivity contribution >= 4 is 22.6 Å². The van der Waals surface area contributed by atoms with Gasteiger partial charge < -0.3 is 4.90 Å². The van der Waals surface area contributed by atoms with Crippen LogP contribution in [0.5, 0.6) is 0 Å². The molecule has 1 spiro atoms. The fourth-order valence-electron chi connectivity index (χ4n) is 3.92. The number of hydrogen-bond donors (Lipinski definition) is 0. The van der Waals surface area contributed by atoms with Crippen molar-refractivity contribution in [2.24, 2.45) is 10.9 Å². The van der Waals surface area contributed by atoms with E-state index in [0.717, 1.165) is 17.8 Å². The first-order valence-electron chi connectivity index (χ1n) is 9.03. The minimum atomic E-state index is 0.357. The van der Waals surface area contributed by atoms with Gasteiger partial charge in [0.1, 0.15) is 0 Å². The minimum Gasteiger partial charge on any atom is -0.344 e. The summed E-state index contributed by atoms with van der Waals surface area (Å²) in [6, 6.07) is 4.11. The Morgan fingerprint density at radius 1 is 1.25 bits per heavy atom. The number of rotatable bonds is 3. The number of benzene rings is 1. The van der Waals surface area contributed by atoms with E-state index in [2.05, 4.69) is 44.6 Å². The molecular weight excluding hydrogens is 312 g/mol. The molecule has 24 heavy (non-hydrogen) atoms. The molecule has 0 aromatic heterocycles. The number of aliphatic imine (C=N–C) groups is 1. The van der Waals surface area contributed by atoms with Crippen molar-refractivity contribution in [2.75, 3.05) is 12.3 Å². The molecule has 1 heterocycles. The number of thioether (sulfide) groups is 1. The summed E-state index contributed by atoms with van der Waals surface area (Å²) >= 11 is 1.94. The molecule has 3 heteroatoms. The average molecular weight is 341 g/mol. The fourth-order valence-corrected chi connectivity index (χ4v) is 5.35. The van der Waals surface area contributed by atoms with E-state index in [1.165, 1.54) is 47.7 Å². The third-order valence-electron chi connectivity index (χ3n) is 5.49. The second kappa shape index (κ2) is 6.84. The smallest absolute Gasteiger partial charge is 0.164 e. The molecule has 0 unspecified atom stereocenters. The summed E-state index contributed by atoms with van der Waals surface area (Å²) in [6.45, 7) is 9.95. The van der Waals surface area contributed by atoms with Gasteiger partial charge in [-0.2, -0.15) is 0 Å². The van der Waals surface area contributed by atoms with E-state index >= 15 is 0 Å². The van der Waals surface area contributed by atoms with Crippen molar-refractivity contribution in [1.29, 1.82) is 0 Å². The van der Waals surface area contributed by atoms with Crippen LogP contribution in [0, 0.1) is 32.1 Å². The molecule has 3 rings (SSSR count). The molecule has 1 saturated carbocycles. The van der Waals surface area contributed by atoms with Gasteiger partial charge >= 0.3 is 0 Å². The highest BCUT2D eigenvalue weighted by molar-refractivity contribution is 8.14. The monoisotopic (exact) mass is 340 g/mol. The maximum Gasteiger partial charge on any atom is 0.164 e. The Kier molecular flexibility index (Phi) is 4.97. The number of nitrogens with zero attached hydrogens (tertiary/aromatic N) is 2. The Labute approximate surface area is 151 Å². The topological polar surface area (TPSA) is 15.6 Å². The fraction of sp³-hybridized carbons (Fsp3) is 0.571. The van der Waals surface area contributed by atoms with Gasteiger partial charge in [0.05, 0.1) is 11.2 Å². The lowest BCUT2D eigenvalue weighted by molar-refractivity contribution is 0.198. The largest absolute Gasteiger partial charge is 0.344 e. The van der Waals surface area contributed by atoms with Crippen LogP contribution in [0.4, 0.5) is 5.69 Å². The van der Waals surface area contributed by atoms with E-state index in [1.54, 1.807) is 0 Å².